The van der Waals surface area contributed by atoms with Gasteiger partial charge in [0.2, 0.25) is 9.84 Å². The molecule has 0 unspecified atom stereocenters. The molecule has 0 saturated heterocycles. The summed E-state index contributed by atoms with van der Waals surface area (Å²) in [5.41, 5.74) is 1.97. The molecule has 0 aliphatic heterocycles. The smallest absolute Gasteiger partial charge is 0.226 e. The van der Waals surface area contributed by atoms with E-state index in [2.05, 4.69) is 15.0 Å². The van der Waals surface area contributed by atoms with Gasteiger partial charge in [0.05, 0.1) is 4.90 Å². The molecule has 4 rings (SSSR count). The number of hydrogen-bond donors (Lipinski definition) is 1. The number of hydrogen-bond acceptors (Lipinski definition) is 5. The fourth-order valence-corrected chi connectivity index (χ4v) is 5.18. The Labute approximate surface area is 170 Å². The van der Waals surface area contributed by atoms with Crippen molar-refractivity contribution < 1.29 is 13.2 Å². The maximum Gasteiger partial charge on any atom is 0.226 e. The summed E-state index contributed by atoms with van der Waals surface area (Å²) in [6, 6.07) is 8.42. The third kappa shape index (κ3) is 4.00. The average Bonchev–Trinajstić information content (AvgIpc) is 3.19. The van der Waals surface area contributed by atoms with E-state index in [0.717, 1.165) is 31.2 Å². The van der Waals surface area contributed by atoms with Gasteiger partial charge in [0.25, 0.3) is 0 Å². The number of benzene rings is 1. The maximum absolute atomic E-state index is 13.3. The van der Waals surface area contributed by atoms with Crippen molar-refractivity contribution in [1.82, 2.24) is 15.0 Å². The Morgan fingerprint density at radius 1 is 1.14 bits per heavy atom. The normalized spacial score (nSPS) is 15.9. The highest BCUT2D eigenvalue weighted by atomic mass is 32.2. The van der Waals surface area contributed by atoms with E-state index < -0.39 is 9.84 Å². The zero-order chi connectivity index (χ0) is 20.4. The van der Waals surface area contributed by atoms with Crippen LogP contribution in [0, 0.1) is 12.8 Å². The Morgan fingerprint density at radius 2 is 1.93 bits per heavy atom. The van der Waals surface area contributed by atoms with Crippen molar-refractivity contribution in [3.63, 3.8) is 0 Å². The van der Waals surface area contributed by atoms with Gasteiger partial charge in [-0.1, -0.05) is 31.4 Å². The monoisotopic (exact) mass is 409 g/mol. The first-order valence-electron chi connectivity index (χ1n) is 9.84. The first kappa shape index (κ1) is 19.5. The van der Waals surface area contributed by atoms with E-state index in [0.29, 0.717) is 11.2 Å². The summed E-state index contributed by atoms with van der Waals surface area (Å²) in [6.07, 6.45) is 9.70. The van der Waals surface area contributed by atoms with Crippen molar-refractivity contribution in [3.05, 3.63) is 53.9 Å². The van der Waals surface area contributed by atoms with Crippen LogP contribution in [0.15, 0.2) is 52.5 Å². The second-order valence-corrected chi connectivity index (χ2v) is 9.38. The molecule has 1 aliphatic rings. The molecule has 2 aromatic heterocycles. The number of H-pyrrole nitrogens is 1. The predicted molar refractivity (Wildman–Crippen MR) is 111 cm³/mol. The summed E-state index contributed by atoms with van der Waals surface area (Å²) >= 11 is 0. The summed E-state index contributed by atoms with van der Waals surface area (Å²) in [6.45, 7) is 1.84. The molecule has 0 atom stereocenters. The van der Waals surface area contributed by atoms with E-state index in [1.54, 1.807) is 30.5 Å². The van der Waals surface area contributed by atoms with Gasteiger partial charge in [-0.25, -0.2) is 18.4 Å². The average molecular weight is 410 g/mol. The third-order valence-electron chi connectivity index (χ3n) is 5.34. The molecule has 1 N–H and O–H groups in total. The van der Waals surface area contributed by atoms with Gasteiger partial charge in [0.15, 0.2) is 16.5 Å². The molecule has 1 aromatic carbocycles. The lowest BCUT2D eigenvalue weighted by Gasteiger charge is -2.18. The lowest BCUT2D eigenvalue weighted by molar-refractivity contribution is -0.119. The van der Waals surface area contributed by atoms with Gasteiger partial charge in [0, 0.05) is 12.1 Å². The molecule has 150 valence electrons. The largest absolute Gasteiger partial charge is 0.345 e. The molecule has 1 fully saturated rings. The molecule has 0 radical (unpaired) electrons. The summed E-state index contributed by atoms with van der Waals surface area (Å²) < 4.78 is 26.6. The number of ketones is 1. The van der Waals surface area contributed by atoms with Crippen LogP contribution in [-0.4, -0.2) is 29.2 Å². The molecule has 2 heterocycles. The standard InChI is InChI=1S/C22H23N3O3S/c1-15-6-5-9-17(14-15)29(27,28)22-19(24-18-12-13-23-21(18)25-22)10-11-20(26)16-7-3-2-4-8-16/h5-6,9-14,16H,2-4,7-8H2,1H3,(H,23,25)/b11-10+. The Bertz CT molecular complexity index is 1190. The number of sulfone groups is 1. The van der Waals surface area contributed by atoms with Crippen molar-refractivity contribution >= 4 is 32.9 Å². The Hall–Kier alpha value is -2.80. The topological polar surface area (TPSA) is 92.8 Å². The molecule has 7 heteroatoms. The molecule has 3 aromatic rings. The van der Waals surface area contributed by atoms with E-state index >= 15 is 0 Å². The van der Waals surface area contributed by atoms with Crippen LogP contribution < -0.4 is 0 Å². The Morgan fingerprint density at radius 3 is 2.69 bits per heavy atom. The zero-order valence-corrected chi connectivity index (χ0v) is 17.1. The van der Waals surface area contributed by atoms with Crippen LogP contribution in [0.5, 0.6) is 0 Å². The van der Waals surface area contributed by atoms with Crippen LogP contribution in [-0.2, 0) is 14.6 Å². The molecule has 29 heavy (non-hydrogen) atoms. The second kappa shape index (κ2) is 7.91. The summed E-state index contributed by atoms with van der Waals surface area (Å²) in [7, 11) is -3.89. The number of carbonyl (C=O) groups is 1. The molecular weight excluding hydrogens is 386 g/mol. The van der Waals surface area contributed by atoms with Gasteiger partial charge in [-0.2, -0.15) is 0 Å². The lowest BCUT2D eigenvalue weighted by Crippen LogP contribution is -2.15. The van der Waals surface area contributed by atoms with E-state index in [1.807, 2.05) is 13.0 Å². The fourth-order valence-electron chi connectivity index (χ4n) is 3.75. The fraction of sp³-hybridized carbons (Fsp3) is 0.318. The van der Waals surface area contributed by atoms with E-state index in [9.17, 15) is 13.2 Å². The number of aromatic amines is 1. The van der Waals surface area contributed by atoms with E-state index in [1.165, 1.54) is 18.6 Å². The number of aryl methyl sites for hydroxylation is 1. The van der Waals surface area contributed by atoms with Gasteiger partial charge in [-0.3, -0.25) is 4.79 Å². The predicted octanol–water partition coefficient (Wildman–Crippen LogP) is 4.26. The number of fused-ring (bicyclic) bond motifs is 1. The van der Waals surface area contributed by atoms with Crippen LogP contribution >= 0.6 is 0 Å². The first-order valence-corrected chi connectivity index (χ1v) is 11.3. The Balaban J connectivity index is 1.77. The molecule has 0 amide bonds. The van der Waals surface area contributed by atoms with Crippen molar-refractivity contribution in [2.75, 3.05) is 0 Å². The van der Waals surface area contributed by atoms with Gasteiger partial charge < -0.3 is 4.98 Å². The van der Waals surface area contributed by atoms with Crippen LogP contribution in [0.4, 0.5) is 0 Å². The molecule has 0 spiro atoms. The number of aromatic nitrogens is 3. The minimum atomic E-state index is -3.89. The summed E-state index contributed by atoms with van der Waals surface area (Å²) in [5, 5.41) is -0.147. The number of rotatable bonds is 5. The number of nitrogens with zero attached hydrogens (tertiary/aromatic N) is 2. The van der Waals surface area contributed by atoms with Gasteiger partial charge in [-0.05, 0) is 55.7 Å². The molecule has 0 bridgehead atoms. The molecular formula is C22H23N3O3S. The highest BCUT2D eigenvalue weighted by Crippen LogP contribution is 2.27. The van der Waals surface area contributed by atoms with Crippen molar-refractivity contribution in [1.29, 1.82) is 0 Å². The Kier molecular flexibility index (Phi) is 5.32. The van der Waals surface area contributed by atoms with Crippen LogP contribution in [0.2, 0.25) is 0 Å². The van der Waals surface area contributed by atoms with Crippen LogP contribution in [0.1, 0.15) is 43.4 Å². The second-order valence-electron chi connectivity index (χ2n) is 7.52. The summed E-state index contributed by atoms with van der Waals surface area (Å²) in [5.74, 6) is 0.0420. The van der Waals surface area contributed by atoms with Crippen LogP contribution in [0.3, 0.4) is 0 Å². The first-order chi connectivity index (χ1) is 13.9. The maximum atomic E-state index is 13.3. The molecule has 6 nitrogen and oxygen atoms in total. The van der Waals surface area contributed by atoms with Crippen molar-refractivity contribution in [3.8, 4) is 0 Å². The van der Waals surface area contributed by atoms with Gasteiger partial charge >= 0.3 is 0 Å². The van der Waals surface area contributed by atoms with Crippen molar-refractivity contribution in [2.45, 2.75) is 48.9 Å². The van der Waals surface area contributed by atoms with E-state index in [-0.39, 0.29) is 27.3 Å². The van der Waals surface area contributed by atoms with Crippen molar-refractivity contribution in [2.24, 2.45) is 5.92 Å². The van der Waals surface area contributed by atoms with Gasteiger partial charge in [0.1, 0.15) is 11.2 Å². The summed E-state index contributed by atoms with van der Waals surface area (Å²) in [4.78, 5) is 24.4. The number of carbonyl (C=O) groups excluding carboxylic acids is 1. The number of allylic oxidation sites excluding steroid dienone is 1. The minimum absolute atomic E-state index is 0.0146. The molecule has 1 saturated carbocycles. The zero-order valence-electron chi connectivity index (χ0n) is 16.3. The molecule has 1 aliphatic carbocycles. The van der Waals surface area contributed by atoms with Gasteiger partial charge in [-0.15, -0.1) is 0 Å². The number of nitrogens with one attached hydrogen (secondary N) is 1. The third-order valence-corrected chi connectivity index (χ3v) is 7.03. The van der Waals surface area contributed by atoms with Crippen LogP contribution in [0.25, 0.3) is 17.2 Å². The highest BCUT2D eigenvalue weighted by Gasteiger charge is 2.25. The highest BCUT2D eigenvalue weighted by molar-refractivity contribution is 7.91. The SMILES string of the molecule is Cc1cccc(S(=O)(=O)c2nc3[nH]ccc3nc2/C=C/C(=O)C2CCCCC2)c1. The minimum Gasteiger partial charge on any atom is -0.345 e. The van der Waals surface area contributed by atoms with E-state index in [4.69, 9.17) is 0 Å². The quantitative estimate of drug-likeness (QED) is 0.636. The lowest BCUT2D eigenvalue weighted by atomic mass is 9.86.